The average Bonchev–Trinajstić information content (AvgIpc) is 1.68. The van der Waals surface area contributed by atoms with Crippen molar-refractivity contribution in [1.29, 1.82) is 0 Å². The predicted octanol–water partition coefficient (Wildman–Crippen LogP) is 1.93. The molecule has 0 saturated carbocycles. The van der Waals surface area contributed by atoms with Gasteiger partial charge < -0.3 is 0 Å². The number of ketones is 1. The molecule has 0 rings (SSSR count). The Kier molecular flexibility index (Phi) is 4.23. The van der Waals surface area contributed by atoms with Crippen LogP contribution in [0.2, 0.25) is 0 Å². The molecule has 0 atom stereocenters. The summed E-state index contributed by atoms with van der Waals surface area (Å²) in [7, 11) is 0. The number of Topliss-reactive ketones (excluding diaryl/α,β-unsaturated/α-hetero) is 1. The van der Waals surface area contributed by atoms with Gasteiger partial charge in [0.05, 0.1) is 0 Å². The molecule has 0 N–H and O–H groups in total. The minimum atomic E-state index is 0.294. The molecule has 1 nitrogen and oxygen atoms in total. The van der Waals surface area contributed by atoms with Gasteiger partial charge >= 0.3 is 0 Å². The Bertz CT molecular complexity index is 84.4. The number of rotatable bonds is 4. The van der Waals surface area contributed by atoms with Crippen LogP contribution in [0.4, 0.5) is 0 Å². The molecule has 0 heterocycles. The van der Waals surface area contributed by atoms with E-state index in [0.717, 1.165) is 6.42 Å². The van der Waals surface area contributed by atoms with Crippen LogP contribution in [0.15, 0.2) is 12.7 Å². The largest absolute Gasteiger partial charge is 0.299 e. The summed E-state index contributed by atoms with van der Waals surface area (Å²) in [4.78, 5) is 10.6. The number of hydrogen-bond donors (Lipinski definition) is 0. The molecular weight excluding hydrogens is 100 g/mol. The fraction of sp³-hybridized carbons (Fsp3) is 0.571. The van der Waals surface area contributed by atoms with Crippen molar-refractivity contribution in [3.8, 4) is 0 Å². The summed E-state index contributed by atoms with van der Waals surface area (Å²) in [5.74, 6) is 0.294. The van der Waals surface area contributed by atoms with E-state index in [1.165, 1.54) is 0 Å². The van der Waals surface area contributed by atoms with E-state index in [-0.39, 0.29) is 0 Å². The van der Waals surface area contributed by atoms with E-state index in [2.05, 4.69) is 6.58 Å². The van der Waals surface area contributed by atoms with Crippen molar-refractivity contribution in [3.05, 3.63) is 12.7 Å². The normalized spacial score (nSPS) is 8.62. The molecule has 0 aliphatic heterocycles. The third-order valence-corrected chi connectivity index (χ3v) is 0.901. The van der Waals surface area contributed by atoms with Crippen LogP contribution >= 0.6 is 0 Å². The van der Waals surface area contributed by atoms with Gasteiger partial charge in [0, 0.05) is 12.8 Å². The minimum absolute atomic E-state index is 0.294. The van der Waals surface area contributed by atoms with Crippen LogP contribution in [-0.2, 0) is 4.79 Å². The van der Waals surface area contributed by atoms with E-state index in [4.69, 9.17) is 0 Å². The number of carbonyl (C=O) groups excluding carboxylic acids is 1. The van der Waals surface area contributed by atoms with Gasteiger partial charge in [0.15, 0.2) is 0 Å². The van der Waals surface area contributed by atoms with E-state index in [0.29, 0.717) is 18.6 Å². The molecular formula is C7H12O. The zero-order chi connectivity index (χ0) is 6.41. The maximum Gasteiger partial charge on any atom is 0.136 e. The molecule has 0 fully saturated rings. The highest BCUT2D eigenvalue weighted by Crippen LogP contribution is 1.92. The zero-order valence-corrected chi connectivity index (χ0v) is 5.31. The summed E-state index contributed by atoms with van der Waals surface area (Å²) in [6, 6.07) is 0. The Morgan fingerprint density at radius 1 is 1.75 bits per heavy atom. The van der Waals surface area contributed by atoms with Crippen LogP contribution in [0.25, 0.3) is 0 Å². The molecule has 8 heavy (non-hydrogen) atoms. The Morgan fingerprint density at radius 2 is 2.38 bits per heavy atom. The standard InChI is InChI=1S/C7H12O/c1-3-5-7(8)6-4-2/h3H,1,4-6H2,2H3. The highest BCUT2D eigenvalue weighted by molar-refractivity contribution is 5.79. The first-order valence-corrected chi connectivity index (χ1v) is 2.93. The van der Waals surface area contributed by atoms with Crippen molar-refractivity contribution < 1.29 is 4.79 Å². The fourth-order valence-electron chi connectivity index (χ4n) is 0.542. The Balaban J connectivity index is 3.18. The molecule has 0 aliphatic carbocycles. The van der Waals surface area contributed by atoms with E-state index >= 15 is 0 Å². The van der Waals surface area contributed by atoms with Gasteiger partial charge in [-0.1, -0.05) is 13.0 Å². The molecule has 46 valence electrons. The van der Waals surface area contributed by atoms with Crippen LogP contribution < -0.4 is 0 Å². The SMILES string of the molecule is C=CCC(=O)CCC. The number of hydrogen-bond acceptors (Lipinski definition) is 1. The molecule has 0 aromatic rings. The topological polar surface area (TPSA) is 17.1 Å². The molecule has 0 bridgehead atoms. The van der Waals surface area contributed by atoms with Crippen molar-refractivity contribution >= 4 is 5.78 Å². The summed E-state index contributed by atoms with van der Waals surface area (Å²) in [5, 5.41) is 0. The quantitative estimate of drug-likeness (QED) is 0.508. The Hall–Kier alpha value is -0.590. The molecule has 0 unspecified atom stereocenters. The molecule has 0 spiro atoms. The molecule has 0 saturated heterocycles. The number of allylic oxidation sites excluding steroid dienone is 1. The first kappa shape index (κ1) is 7.41. The highest BCUT2D eigenvalue weighted by atomic mass is 16.1. The third-order valence-electron chi connectivity index (χ3n) is 0.901. The average molecular weight is 112 g/mol. The van der Waals surface area contributed by atoms with Crippen molar-refractivity contribution in [2.75, 3.05) is 0 Å². The lowest BCUT2D eigenvalue weighted by Crippen LogP contribution is -1.92. The smallest absolute Gasteiger partial charge is 0.136 e. The molecule has 0 aliphatic rings. The predicted molar refractivity (Wildman–Crippen MR) is 34.7 cm³/mol. The van der Waals surface area contributed by atoms with Gasteiger partial charge in [-0.25, -0.2) is 0 Å². The Labute approximate surface area is 50.4 Å². The maximum absolute atomic E-state index is 10.6. The highest BCUT2D eigenvalue weighted by Gasteiger charge is 1.93. The maximum atomic E-state index is 10.6. The van der Waals surface area contributed by atoms with Crippen molar-refractivity contribution in [3.63, 3.8) is 0 Å². The number of carbonyl (C=O) groups is 1. The molecule has 0 aromatic carbocycles. The summed E-state index contributed by atoms with van der Waals surface area (Å²) in [5.41, 5.74) is 0. The van der Waals surface area contributed by atoms with Gasteiger partial charge in [0.2, 0.25) is 0 Å². The van der Waals surface area contributed by atoms with Gasteiger partial charge in [-0.2, -0.15) is 0 Å². The summed E-state index contributed by atoms with van der Waals surface area (Å²) in [6.07, 6.45) is 3.84. The molecule has 0 radical (unpaired) electrons. The lowest BCUT2D eigenvalue weighted by atomic mass is 10.2. The third kappa shape index (κ3) is 3.59. The van der Waals surface area contributed by atoms with Gasteiger partial charge in [-0.15, -0.1) is 6.58 Å². The van der Waals surface area contributed by atoms with E-state index in [1.807, 2.05) is 6.92 Å². The van der Waals surface area contributed by atoms with Gasteiger partial charge in [0.1, 0.15) is 5.78 Å². The summed E-state index contributed by atoms with van der Waals surface area (Å²) < 4.78 is 0. The van der Waals surface area contributed by atoms with Crippen LogP contribution in [0, 0.1) is 0 Å². The zero-order valence-electron chi connectivity index (χ0n) is 5.31. The first-order valence-electron chi connectivity index (χ1n) is 2.93. The van der Waals surface area contributed by atoms with Crippen molar-refractivity contribution in [2.24, 2.45) is 0 Å². The van der Waals surface area contributed by atoms with Crippen LogP contribution in [0.5, 0.6) is 0 Å². The van der Waals surface area contributed by atoms with Gasteiger partial charge in [0.25, 0.3) is 0 Å². The van der Waals surface area contributed by atoms with Crippen LogP contribution in [0.1, 0.15) is 26.2 Å². The molecule has 0 amide bonds. The van der Waals surface area contributed by atoms with Crippen molar-refractivity contribution in [2.45, 2.75) is 26.2 Å². The second-order valence-electron chi connectivity index (χ2n) is 1.78. The van der Waals surface area contributed by atoms with E-state index < -0.39 is 0 Å². The summed E-state index contributed by atoms with van der Waals surface area (Å²) in [6.45, 7) is 5.46. The minimum Gasteiger partial charge on any atom is -0.299 e. The van der Waals surface area contributed by atoms with Crippen LogP contribution in [0.3, 0.4) is 0 Å². The Morgan fingerprint density at radius 3 is 2.75 bits per heavy atom. The van der Waals surface area contributed by atoms with Crippen molar-refractivity contribution in [1.82, 2.24) is 0 Å². The van der Waals surface area contributed by atoms with E-state index in [9.17, 15) is 4.79 Å². The monoisotopic (exact) mass is 112 g/mol. The summed E-state index contributed by atoms with van der Waals surface area (Å²) >= 11 is 0. The molecule has 1 heteroatoms. The van der Waals surface area contributed by atoms with Gasteiger partial charge in [-0.3, -0.25) is 4.79 Å². The lowest BCUT2D eigenvalue weighted by Gasteiger charge is -1.88. The van der Waals surface area contributed by atoms with Crippen LogP contribution in [-0.4, -0.2) is 5.78 Å². The lowest BCUT2D eigenvalue weighted by molar-refractivity contribution is -0.118. The molecule has 0 aromatic heterocycles. The fourth-order valence-corrected chi connectivity index (χ4v) is 0.542. The second-order valence-corrected chi connectivity index (χ2v) is 1.78. The first-order chi connectivity index (χ1) is 3.81. The second kappa shape index (κ2) is 4.57. The van der Waals surface area contributed by atoms with E-state index in [1.54, 1.807) is 6.08 Å². The van der Waals surface area contributed by atoms with Gasteiger partial charge in [-0.05, 0) is 6.42 Å².